The first-order chi connectivity index (χ1) is 9.78. The van der Waals surface area contributed by atoms with Crippen LogP contribution < -0.4 is 4.74 Å². The van der Waals surface area contributed by atoms with Gasteiger partial charge >= 0.3 is 0 Å². The third-order valence-corrected chi connectivity index (χ3v) is 2.61. The van der Waals surface area contributed by atoms with E-state index in [1.54, 1.807) is 24.3 Å². The van der Waals surface area contributed by atoms with Gasteiger partial charge in [-0.25, -0.2) is 0 Å². The number of benzene rings is 1. The van der Waals surface area contributed by atoms with Crippen molar-refractivity contribution in [1.29, 1.82) is 10.5 Å². The Morgan fingerprint density at radius 1 is 1.20 bits per heavy atom. The van der Waals surface area contributed by atoms with Crippen molar-refractivity contribution >= 4 is 6.08 Å². The topological polar surface area (TPSA) is 69.9 Å². The van der Waals surface area contributed by atoms with Gasteiger partial charge in [-0.1, -0.05) is 12.1 Å². The van der Waals surface area contributed by atoms with Crippen LogP contribution in [0.5, 0.6) is 5.75 Å². The Hall–Kier alpha value is -2.98. The van der Waals surface area contributed by atoms with Crippen molar-refractivity contribution in [3.05, 3.63) is 47.7 Å². The molecule has 0 amide bonds. The molecule has 0 saturated carbocycles. The van der Waals surface area contributed by atoms with Gasteiger partial charge in [-0.2, -0.15) is 10.5 Å². The SMILES string of the molecule is CCOc1ccccc1-c1ccc(C=C(C#N)C#N)o1. The Labute approximate surface area is 117 Å². The lowest BCUT2D eigenvalue weighted by molar-refractivity contribution is 0.340. The molecule has 0 radical (unpaired) electrons. The summed E-state index contributed by atoms with van der Waals surface area (Å²) in [6, 6.07) is 14.6. The zero-order chi connectivity index (χ0) is 14.4. The largest absolute Gasteiger partial charge is 0.493 e. The van der Waals surface area contributed by atoms with E-state index in [9.17, 15) is 0 Å². The van der Waals surface area contributed by atoms with Crippen LogP contribution >= 0.6 is 0 Å². The highest BCUT2D eigenvalue weighted by Crippen LogP contribution is 2.31. The molecule has 0 saturated heterocycles. The number of nitrogens with zero attached hydrogens (tertiary/aromatic N) is 2. The molecule has 0 aliphatic rings. The highest BCUT2D eigenvalue weighted by Gasteiger charge is 2.09. The van der Waals surface area contributed by atoms with Crippen LogP contribution in [0, 0.1) is 22.7 Å². The Balaban J connectivity index is 2.37. The molecule has 20 heavy (non-hydrogen) atoms. The lowest BCUT2D eigenvalue weighted by Crippen LogP contribution is -1.92. The van der Waals surface area contributed by atoms with Crippen LogP contribution in [-0.4, -0.2) is 6.61 Å². The molecule has 4 heteroatoms. The minimum atomic E-state index is 0.00370. The molecule has 1 aromatic heterocycles. The average molecular weight is 264 g/mol. The Kier molecular flexibility index (Phi) is 4.21. The molecule has 0 fully saturated rings. The number of nitriles is 2. The smallest absolute Gasteiger partial charge is 0.138 e. The standard InChI is InChI=1S/C16H12N2O2/c1-2-19-15-6-4-3-5-14(15)16-8-7-13(20-16)9-12(10-17)11-18/h3-9H,2H2,1H3. The fourth-order valence-corrected chi connectivity index (χ4v) is 1.76. The maximum Gasteiger partial charge on any atom is 0.138 e. The van der Waals surface area contributed by atoms with E-state index in [1.165, 1.54) is 6.08 Å². The summed E-state index contributed by atoms with van der Waals surface area (Å²) in [7, 11) is 0. The number of furan rings is 1. The number of hydrogen-bond donors (Lipinski definition) is 0. The lowest BCUT2D eigenvalue weighted by atomic mass is 10.1. The number of ether oxygens (including phenoxy) is 1. The quantitative estimate of drug-likeness (QED) is 0.788. The van der Waals surface area contributed by atoms with Crippen molar-refractivity contribution in [2.75, 3.05) is 6.61 Å². The second-order valence-electron chi connectivity index (χ2n) is 3.91. The highest BCUT2D eigenvalue weighted by atomic mass is 16.5. The Morgan fingerprint density at radius 3 is 2.65 bits per heavy atom. The number of hydrogen-bond acceptors (Lipinski definition) is 4. The molecule has 0 aliphatic carbocycles. The van der Waals surface area contributed by atoms with E-state index in [0.29, 0.717) is 18.1 Å². The van der Waals surface area contributed by atoms with Crippen LogP contribution in [0.3, 0.4) is 0 Å². The summed E-state index contributed by atoms with van der Waals surface area (Å²) >= 11 is 0. The van der Waals surface area contributed by atoms with E-state index < -0.39 is 0 Å². The minimum absolute atomic E-state index is 0.00370. The summed E-state index contributed by atoms with van der Waals surface area (Å²) < 4.78 is 11.2. The summed E-state index contributed by atoms with van der Waals surface area (Å²) in [4.78, 5) is 0. The average Bonchev–Trinajstić information content (AvgIpc) is 2.94. The second-order valence-corrected chi connectivity index (χ2v) is 3.91. The van der Waals surface area contributed by atoms with Gasteiger partial charge < -0.3 is 9.15 Å². The molecule has 0 N–H and O–H groups in total. The number of allylic oxidation sites excluding steroid dienone is 1. The molecule has 4 nitrogen and oxygen atoms in total. The molecule has 0 bridgehead atoms. The monoisotopic (exact) mass is 264 g/mol. The van der Waals surface area contributed by atoms with E-state index in [2.05, 4.69) is 0 Å². The van der Waals surface area contributed by atoms with Gasteiger partial charge in [0, 0.05) is 6.08 Å². The fourth-order valence-electron chi connectivity index (χ4n) is 1.76. The van der Waals surface area contributed by atoms with Gasteiger partial charge in [-0.3, -0.25) is 0 Å². The van der Waals surface area contributed by atoms with Crippen molar-refractivity contribution in [3.8, 4) is 29.2 Å². The molecular formula is C16H12N2O2. The molecule has 1 aromatic carbocycles. The number of rotatable bonds is 4. The summed E-state index contributed by atoms with van der Waals surface area (Å²) in [5.74, 6) is 1.83. The van der Waals surface area contributed by atoms with Crippen LogP contribution in [0.2, 0.25) is 0 Å². The highest BCUT2D eigenvalue weighted by molar-refractivity contribution is 5.68. The molecule has 0 spiro atoms. The van der Waals surface area contributed by atoms with Crippen molar-refractivity contribution in [2.45, 2.75) is 6.92 Å². The van der Waals surface area contributed by atoms with Crippen LogP contribution in [0.25, 0.3) is 17.4 Å². The maximum absolute atomic E-state index is 8.72. The summed E-state index contributed by atoms with van der Waals surface area (Å²) in [6.07, 6.45) is 1.41. The van der Waals surface area contributed by atoms with Gasteiger partial charge in [0.2, 0.25) is 0 Å². The molecule has 1 heterocycles. The van der Waals surface area contributed by atoms with Gasteiger partial charge in [-0.05, 0) is 31.2 Å². The zero-order valence-corrected chi connectivity index (χ0v) is 11.0. The predicted molar refractivity (Wildman–Crippen MR) is 74.5 cm³/mol. The lowest BCUT2D eigenvalue weighted by Gasteiger charge is -2.07. The normalized spacial score (nSPS) is 9.35. The van der Waals surface area contributed by atoms with Gasteiger partial charge in [-0.15, -0.1) is 0 Å². The first-order valence-corrected chi connectivity index (χ1v) is 6.12. The zero-order valence-electron chi connectivity index (χ0n) is 11.0. The van der Waals surface area contributed by atoms with Crippen molar-refractivity contribution in [2.24, 2.45) is 0 Å². The van der Waals surface area contributed by atoms with Gasteiger partial charge in [0.05, 0.1) is 12.2 Å². The molecule has 2 aromatic rings. The number of para-hydroxylation sites is 1. The first-order valence-electron chi connectivity index (χ1n) is 6.12. The van der Waals surface area contributed by atoms with Crippen LogP contribution in [-0.2, 0) is 0 Å². The van der Waals surface area contributed by atoms with Gasteiger partial charge in [0.15, 0.2) is 0 Å². The van der Waals surface area contributed by atoms with Gasteiger partial charge in [0.25, 0.3) is 0 Å². The third kappa shape index (κ3) is 2.88. The molecule has 0 aliphatic heterocycles. The van der Waals surface area contributed by atoms with Crippen molar-refractivity contribution in [1.82, 2.24) is 0 Å². The van der Waals surface area contributed by atoms with Crippen molar-refractivity contribution < 1.29 is 9.15 Å². The van der Waals surface area contributed by atoms with Crippen LogP contribution in [0.1, 0.15) is 12.7 Å². The van der Waals surface area contributed by atoms with Gasteiger partial charge in [0.1, 0.15) is 35.0 Å². The van der Waals surface area contributed by atoms with Crippen molar-refractivity contribution in [3.63, 3.8) is 0 Å². The minimum Gasteiger partial charge on any atom is -0.493 e. The van der Waals surface area contributed by atoms with E-state index in [1.807, 2.05) is 31.2 Å². The summed E-state index contributed by atoms with van der Waals surface area (Å²) in [5.41, 5.74) is 0.841. The summed E-state index contributed by atoms with van der Waals surface area (Å²) in [5, 5.41) is 17.4. The molecule has 2 rings (SSSR count). The third-order valence-electron chi connectivity index (χ3n) is 2.61. The van der Waals surface area contributed by atoms with Crippen LogP contribution in [0.4, 0.5) is 0 Å². The Morgan fingerprint density at radius 2 is 1.95 bits per heavy atom. The molecule has 0 unspecified atom stereocenters. The second kappa shape index (κ2) is 6.26. The Bertz CT molecular complexity index is 699. The first kappa shape index (κ1) is 13.5. The maximum atomic E-state index is 8.72. The van der Waals surface area contributed by atoms with E-state index in [0.717, 1.165) is 11.3 Å². The van der Waals surface area contributed by atoms with E-state index in [-0.39, 0.29) is 5.57 Å². The van der Waals surface area contributed by atoms with E-state index in [4.69, 9.17) is 19.7 Å². The molecule has 98 valence electrons. The van der Waals surface area contributed by atoms with E-state index >= 15 is 0 Å². The predicted octanol–water partition coefficient (Wildman–Crippen LogP) is 3.78. The summed E-state index contributed by atoms with van der Waals surface area (Å²) in [6.45, 7) is 2.48. The van der Waals surface area contributed by atoms with Crippen LogP contribution in [0.15, 0.2) is 46.4 Å². The molecule has 0 atom stereocenters. The fraction of sp³-hybridized carbons (Fsp3) is 0.125. The molecular weight excluding hydrogens is 252 g/mol.